The lowest BCUT2D eigenvalue weighted by Crippen LogP contribution is -2.29. The zero-order valence-electron chi connectivity index (χ0n) is 16.9. The van der Waals surface area contributed by atoms with Crippen LogP contribution in [-0.4, -0.2) is 21.4 Å². The van der Waals surface area contributed by atoms with Gasteiger partial charge in [0.25, 0.3) is 5.91 Å². The second kappa shape index (κ2) is 9.20. The summed E-state index contributed by atoms with van der Waals surface area (Å²) in [6.45, 7) is 0.308. The number of halogens is 1. The standard InChI is InChI=1S/C23H18ClNO5S2/c1-29-18-8-6-17(7-9-18)25(15-19-3-2-14-31-19)23(26)21-12-13-22(30-21)32(27,28)20-10-4-16(24)5-11-20/h2-14H,15H2,1H3. The molecule has 0 aliphatic heterocycles. The quantitative estimate of drug-likeness (QED) is 0.335. The minimum Gasteiger partial charge on any atom is -0.497 e. The lowest BCUT2D eigenvalue weighted by molar-refractivity contribution is 0.0953. The summed E-state index contributed by atoms with van der Waals surface area (Å²) in [6, 6.07) is 19.3. The van der Waals surface area contributed by atoms with Crippen molar-refractivity contribution in [2.75, 3.05) is 12.0 Å². The van der Waals surface area contributed by atoms with E-state index in [1.165, 1.54) is 52.6 Å². The van der Waals surface area contributed by atoms with E-state index in [4.69, 9.17) is 20.8 Å². The fourth-order valence-corrected chi connectivity index (χ4v) is 5.04. The molecule has 4 aromatic rings. The Morgan fingerprint density at radius 3 is 2.38 bits per heavy atom. The zero-order valence-corrected chi connectivity index (χ0v) is 19.3. The molecule has 6 nitrogen and oxygen atoms in total. The van der Waals surface area contributed by atoms with Gasteiger partial charge in [0, 0.05) is 15.6 Å². The van der Waals surface area contributed by atoms with E-state index in [-0.39, 0.29) is 15.7 Å². The Morgan fingerprint density at radius 1 is 1.03 bits per heavy atom. The van der Waals surface area contributed by atoms with Gasteiger partial charge >= 0.3 is 0 Å². The number of hydrogen-bond acceptors (Lipinski definition) is 6. The first kappa shape index (κ1) is 22.1. The summed E-state index contributed by atoms with van der Waals surface area (Å²) in [5, 5.41) is 2.03. The molecule has 4 rings (SSSR count). The molecule has 0 N–H and O–H groups in total. The number of carbonyl (C=O) groups excluding carboxylic acids is 1. The van der Waals surface area contributed by atoms with Crippen LogP contribution in [-0.2, 0) is 16.4 Å². The first-order valence-electron chi connectivity index (χ1n) is 9.47. The van der Waals surface area contributed by atoms with Gasteiger partial charge in [-0.15, -0.1) is 11.3 Å². The third kappa shape index (κ3) is 4.57. The molecule has 2 aromatic carbocycles. The van der Waals surface area contributed by atoms with Crippen molar-refractivity contribution in [3.63, 3.8) is 0 Å². The Hall–Kier alpha value is -3.07. The summed E-state index contributed by atoms with van der Waals surface area (Å²) in [7, 11) is -2.36. The highest BCUT2D eigenvalue weighted by Gasteiger charge is 2.27. The van der Waals surface area contributed by atoms with E-state index in [2.05, 4.69) is 0 Å². The molecule has 0 bridgehead atoms. The Balaban J connectivity index is 1.66. The number of thiophene rings is 1. The van der Waals surface area contributed by atoms with Crippen LogP contribution in [0.1, 0.15) is 15.4 Å². The fourth-order valence-electron chi connectivity index (χ4n) is 3.04. The molecule has 0 fully saturated rings. The predicted molar refractivity (Wildman–Crippen MR) is 123 cm³/mol. The smallest absolute Gasteiger partial charge is 0.294 e. The highest BCUT2D eigenvalue weighted by atomic mass is 35.5. The summed E-state index contributed by atoms with van der Waals surface area (Å²) in [5.74, 6) is 0.123. The van der Waals surface area contributed by atoms with Crippen LogP contribution < -0.4 is 9.64 Å². The second-order valence-corrected chi connectivity index (χ2v) is 10.1. The average Bonchev–Trinajstić information content (AvgIpc) is 3.50. The van der Waals surface area contributed by atoms with Crippen LogP contribution in [0.4, 0.5) is 5.69 Å². The van der Waals surface area contributed by atoms with Crippen molar-refractivity contribution in [1.29, 1.82) is 0 Å². The molecule has 0 aliphatic rings. The number of nitrogens with zero attached hydrogens (tertiary/aromatic N) is 1. The minimum absolute atomic E-state index is 0.0286. The Morgan fingerprint density at radius 2 is 1.75 bits per heavy atom. The third-order valence-corrected chi connectivity index (χ3v) is 7.46. The van der Waals surface area contributed by atoms with Gasteiger partial charge in [0.2, 0.25) is 14.9 Å². The topological polar surface area (TPSA) is 76.8 Å². The van der Waals surface area contributed by atoms with E-state index in [1.807, 2.05) is 17.5 Å². The number of anilines is 1. The highest BCUT2D eigenvalue weighted by molar-refractivity contribution is 7.91. The molecular formula is C23H18ClNO5S2. The highest BCUT2D eigenvalue weighted by Crippen LogP contribution is 2.28. The van der Waals surface area contributed by atoms with E-state index in [0.29, 0.717) is 23.0 Å². The lowest BCUT2D eigenvalue weighted by Gasteiger charge is -2.21. The van der Waals surface area contributed by atoms with Crippen molar-refractivity contribution in [1.82, 2.24) is 0 Å². The van der Waals surface area contributed by atoms with Gasteiger partial charge in [0.1, 0.15) is 5.75 Å². The number of carbonyl (C=O) groups is 1. The summed E-state index contributed by atoms with van der Waals surface area (Å²) < 4.78 is 36.5. The molecule has 2 heterocycles. The Kier molecular flexibility index (Phi) is 6.36. The summed E-state index contributed by atoms with van der Waals surface area (Å²) in [4.78, 5) is 15.9. The van der Waals surface area contributed by atoms with Crippen molar-refractivity contribution < 1.29 is 22.4 Å². The maximum Gasteiger partial charge on any atom is 0.294 e. The van der Waals surface area contributed by atoms with Gasteiger partial charge in [-0.2, -0.15) is 0 Å². The molecule has 0 saturated carbocycles. The number of benzene rings is 2. The maximum atomic E-state index is 13.3. The summed E-state index contributed by atoms with van der Waals surface area (Å²) >= 11 is 7.37. The number of sulfone groups is 1. The van der Waals surface area contributed by atoms with Crippen molar-refractivity contribution in [2.24, 2.45) is 0 Å². The largest absolute Gasteiger partial charge is 0.497 e. The number of rotatable bonds is 7. The van der Waals surface area contributed by atoms with Crippen molar-refractivity contribution in [2.45, 2.75) is 16.5 Å². The van der Waals surface area contributed by atoms with E-state index in [0.717, 1.165) is 4.88 Å². The van der Waals surface area contributed by atoms with Crippen LogP contribution in [0.3, 0.4) is 0 Å². The van der Waals surface area contributed by atoms with Crippen molar-refractivity contribution in [3.05, 3.63) is 93.8 Å². The summed E-state index contributed by atoms with van der Waals surface area (Å²) in [6.07, 6.45) is 0. The molecule has 0 saturated heterocycles. The lowest BCUT2D eigenvalue weighted by atomic mass is 10.2. The van der Waals surface area contributed by atoms with Gasteiger partial charge in [0.05, 0.1) is 18.6 Å². The molecule has 0 radical (unpaired) electrons. The molecular weight excluding hydrogens is 470 g/mol. The van der Waals surface area contributed by atoms with E-state index in [9.17, 15) is 13.2 Å². The normalized spacial score (nSPS) is 11.3. The molecule has 164 valence electrons. The van der Waals surface area contributed by atoms with Gasteiger partial charge in [-0.05, 0) is 72.1 Å². The van der Waals surface area contributed by atoms with E-state index >= 15 is 0 Å². The van der Waals surface area contributed by atoms with Gasteiger partial charge < -0.3 is 14.1 Å². The molecule has 32 heavy (non-hydrogen) atoms. The third-order valence-electron chi connectivity index (χ3n) is 4.70. The van der Waals surface area contributed by atoms with E-state index < -0.39 is 15.7 Å². The monoisotopic (exact) mass is 487 g/mol. The predicted octanol–water partition coefficient (Wildman–Crippen LogP) is 5.68. The van der Waals surface area contributed by atoms with Gasteiger partial charge in [-0.3, -0.25) is 4.79 Å². The molecule has 1 amide bonds. The van der Waals surface area contributed by atoms with Crippen LogP contribution in [0.5, 0.6) is 5.75 Å². The first-order valence-corrected chi connectivity index (χ1v) is 12.2. The maximum absolute atomic E-state index is 13.3. The molecule has 0 spiro atoms. The van der Waals surface area contributed by atoms with Crippen LogP contribution in [0, 0.1) is 0 Å². The van der Waals surface area contributed by atoms with Crippen LogP contribution in [0.15, 0.2) is 92.6 Å². The van der Waals surface area contributed by atoms with Crippen molar-refractivity contribution in [3.8, 4) is 5.75 Å². The fraction of sp³-hybridized carbons (Fsp3) is 0.0870. The van der Waals surface area contributed by atoms with Gasteiger partial charge in [-0.1, -0.05) is 17.7 Å². The molecule has 2 aromatic heterocycles. The number of ether oxygens (including phenoxy) is 1. The number of hydrogen-bond donors (Lipinski definition) is 0. The Bertz CT molecular complexity index is 1310. The SMILES string of the molecule is COc1ccc(N(Cc2cccs2)C(=O)c2ccc(S(=O)(=O)c3ccc(Cl)cc3)o2)cc1. The number of methoxy groups -OCH3 is 1. The van der Waals surface area contributed by atoms with Gasteiger partial charge in [-0.25, -0.2) is 8.42 Å². The summed E-state index contributed by atoms with van der Waals surface area (Å²) in [5.41, 5.74) is 0.628. The molecule has 0 unspecified atom stereocenters. The molecule has 9 heteroatoms. The van der Waals surface area contributed by atoms with Crippen LogP contribution in [0.2, 0.25) is 5.02 Å². The minimum atomic E-state index is -3.93. The average molecular weight is 488 g/mol. The Labute approximate surface area is 194 Å². The first-order chi connectivity index (χ1) is 15.4. The second-order valence-electron chi connectivity index (χ2n) is 6.74. The van der Waals surface area contributed by atoms with Crippen LogP contribution in [0.25, 0.3) is 0 Å². The number of amides is 1. The number of furan rings is 1. The molecule has 0 atom stereocenters. The van der Waals surface area contributed by atoms with Crippen molar-refractivity contribution >= 4 is 44.4 Å². The zero-order chi connectivity index (χ0) is 22.7. The van der Waals surface area contributed by atoms with Gasteiger partial charge in [0.15, 0.2) is 5.76 Å². The van der Waals surface area contributed by atoms with E-state index in [1.54, 1.807) is 31.4 Å². The van der Waals surface area contributed by atoms with Crippen LogP contribution >= 0.6 is 22.9 Å². The molecule has 0 aliphatic carbocycles.